The van der Waals surface area contributed by atoms with Crippen molar-refractivity contribution in [3.05, 3.63) is 63.2 Å². The van der Waals surface area contributed by atoms with Gasteiger partial charge in [-0.2, -0.15) is 0 Å². The SMILES string of the molecule is CC1(C)OC([C]2[CH][CH][CH][CH]2)OC1(C)C.O=C[C]1[CH][CH][CH][CH]1.[Fe+2]. The van der Waals surface area contributed by atoms with Crippen LogP contribution in [0.2, 0.25) is 0 Å². The third-order valence-corrected chi connectivity index (χ3v) is 4.04. The second-order valence-corrected chi connectivity index (χ2v) is 6.14. The Morgan fingerprint density at radius 3 is 1.64 bits per heavy atom. The third-order valence-electron chi connectivity index (χ3n) is 4.04. The molecular weight excluding hydrogens is 320 g/mol. The number of carbonyl (C=O) groups is 1. The molecule has 10 radical (unpaired) electrons. The van der Waals surface area contributed by atoms with Gasteiger partial charge < -0.3 is 14.3 Å². The zero-order valence-corrected chi connectivity index (χ0v) is 14.5. The molecule has 2 saturated carbocycles. The van der Waals surface area contributed by atoms with Gasteiger partial charge in [0.05, 0.1) is 11.2 Å². The summed E-state index contributed by atoms with van der Waals surface area (Å²) in [4.78, 5) is 9.87. The molecular formula is C18H22FeO3+2. The van der Waals surface area contributed by atoms with E-state index in [-0.39, 0.29) is 34.6 Å². The first-order valence-corrected chi connectivity index (χ1v) is 7.10. The van der Waals surface area contributed by atoms with E-state index in [2.05, 4.69) is 27.7 Å². The maximum atomic E-state index is 9.87. The zero-order valence-electron chi connectivity index (χ0n) is 13.4. The minimum atomic E-state index is -0.241. The molecule has 0 unspecified atom stereocenters. The van der Waals surface area contributed by atoms with Gasteiger partial charge in [-0.1, -0.05) is 0 Å². The number of hydrogen-bond acceptors (Lipinski definition) is 3. The summed E-state index contributed by atoms with van der Waals surface area (Å²) < 4.78 is 11.8. The van der Waals surface area contributed by atoms with E-state index in [0.717, 1.165) is 18.1 Å². The topological polar surface area (TPSA) is 35.5 Å². The molecule has 3 rings (SSSR count). The Morgan fingerprint density at radius 2 is 1.27 bits per heavy atom. The predicted octanol–water partition coefficient (Wildman–Crippen LogP) is 2.91. The largest absolute Gasteiger partial charge is 2.00 e. The van der Waals surface area contributed by atoms with E-state index in [1.807, 2.05) is 38.5 Å². The Kier molecular flexibility index (Phi) is 7.59. The minimum Gasteiger partial charge on any atom is -0.343 e. The number of ether oxygens (including phenoxy) is 2. The van der Waals surface area contributed by atoms with Gasteiger partial charge in [-0.25, -0.2) is 0 Å². The number of rotatable bonds is 2. The van der Waals surface area contributed by atoms with Crippen molar-refractivity contribution < 1.29 is 31.3 Å². The Morgan fingerprint density at radius 1 is 0.864 bits per heavy atom. The van der Waals surface area contributed by atoms with Crippen molar-refractivity contribution in [3.63, 3.8) is 0 Å². The molecule has 118 valence electrons. The van der Waals surface area contributed by atoms with E-state index in [1.54, 1.807) is 12.8 Å². The number of carbonyl (C=O) groups excluding carboxylic acids is 1. The molecule has 0 atom stereocenters. The summed E-state index contributed by atoms with van der Waals surface area (Å²) in [6, 6.07) is 0. The van der Waals surface area contributed by atoms with Crippen LogP contribution in [-0.4, -0.2) is 23.8 Å². The molecule has 0 spiro atoms. The third kappa shape index (κ3) is 4.80. The summed E-state index contributed by atoms with van der Waals surface area (Å²) in [5.74, 6) is 1.85. The molecule has 22 heavy (non-hydrogen) atoms. The van der Waals surface area contributed by atoms with Crippen molar-refractivity contribution >= 4 is 6.29 Å². The molecule has 2 aliphatic carbocycles. The standard InChI is InChI=1S/C12H17O2.C6H5O.Fe/c1-11(2)12(3,4)14-10(13-11)9-7-5-6-8-9;7-5-6-3-1-2-4-6;/h5-8,10H,1-4H3;1-5H;/q;;+2. The molecule has 0 N–H and O–H groups in total. The van der Waals surface area contributed by atoms with Crippen molar-refractivity contribution in [3.8, 4) is 0 Å². The summed E-state index contributed by atoms with van der Waals surface area (Å²) in [5.41, 5.74) is -0.482. The van der Waals surface area contributed by atoms with E-state index in [4.69, 9.17) is 9.47 Å². The number of aldehydes is 1. The summed E-state index contributed by atoms with van der Waals surface area (Å²) in [6.07, 6.45) is 15.9. The smallest absolute Gasteiger partial charge is 0.343 e. The van der Waals surface area contributed by atoms with Crippen molar-refractivity contribution in [2.24, 2.45) is 0 Å². The average Bonchev–Trinajstić information content (AvgIpc) is 3.13. The fraction of sp³-hybridized carbons (Fsp3) is 0.389. The van der Waals surface area contributed by atoms with Crippen LogP contribution in [0.25, 0.3) is 0 Å². The van der Waals surface area contributed by atoms with Crippen LogP contribution < -0.4 is 0 Å². The van der Waals surface area contributed by atoms with Gasteiger partial charge in [-0.05, 0) is 79.1 Å². The van der Waals surface area contributed by atoms with Crippen LogP contribution in [0.3, 0.4) is 0 Å². The Bertz CT molecular complexity index is 326. The molecule has 4 heteroatoms. The molecule has 0 aromatic rings. The summed E-state index contributed by atoms with van der Waals surface area (Å²) in [6.45, 7) is 8.26. The molecule has 0 aromatic heterocycles. The van der Waals surface area contributed by atoms with Crippen molar-refractivity contribution in [1.29, 1.82) is 0 Å². The average molecular weight is 342 g/mol. The predicted molar refractivity (Wildman–Crippen MR) is 81.1 cm³/mol. The van der Waals surface area contributed by atoms with Gasteiger partial charge in [0, 0.05) is 11.8 Å². The van der Waals surface area contributed by atoms with Crippen LogP contribution in [0.5, 0.6) is 0 Å². The van der Waals surface area contributed by atoms with E-state index < -0.39 is 0 Å². The van der Waals surface area contributed by atoms with Gasteiger partial charge in [-0.15, -0.1) is 0 Å². The molecule has 3 fully saturated rings. The van der Waals surface area contributed by atoms with Crippen LogP contribution in [0.4, 0.5) is 0 Å². The maximum absolute atomic E-state index is 9.87. The Labute approximate surface area is 146 Å². The molecule has 3 aliphatic rings. The van der Waals surface area contributed by atoms with E-state index in [1.165, 1.54) is 0 Å². The molecule has 1 heterocycles. The van der Waals surface area contributed by atoms with Crippen LogP contribution in [-0.2, 0) is 31.3 Å². The minimum absolute atomic E-state index is 0. The van der Waals surface area contributed by atoms with Crippen molar-refractivity contribution in [2.45, 2.75) is 45.2 Å². The van der Waals surface area contributed by atoms with Crippen molar-refractivity contribution in [2.75, 3.05) is 0 Å². The van der Waals surface area contributed by atoms with E-state index in [9.17, 15) is 4.79 Å². The molecule has 0 amide bonds. The monoisotopic (exact) mass is 342 g/mol. The van der Waals surface area contributed by atoms with Crippen LogP contribution >= 0.6 is 0 Å². The van der Waals surface area contributed by atoms with E-state index in [0.29, 0.717) is 0 Å². The second-order valence-electron chi connectivity index (χ2n) is 6.14. The first kappa shape index (κ1) is 20.2. The molecule has 0 bridgehead atoms. The summed E-state index contributed by atoms with van der Waals surface area (Å²) >= 11 is 0. The van der Waals surface area contributed by atoms with Gasteiger partial charge in [0.15, 0.2) is 6.29 Å². The molecule has 1 saturated heterocycles. The Balaban J connectivity index is 0.000000258. The fourth-order valence-electron chi connectivity index (χ4n) is 1.99. The maximum Gasteiger partial charge on any atom is 2.00 e. The van der Waals surface area contributed by atoms with Gasteiger partial charge >= 0.3 is 17.1 Å². The van der Waals surface area contributed by atoms with Crippen LogP contribution in [0.15, 0.2) is 0 Å². The fourth-order valence-corrected chi connectivity index (χ4v) is 1.99. The normalized spacial score (nSPS) is 28.0. The number of hydrogen-bond donors (Lipinski definition) is 0. The first-order chi connectivity index (χ1) is 9.86. The quantitative estimate of drug-likeness (QED) is 0.572. The van der Waals surface area contributed by atoms with Gasteiger partial charge in [-0.3, -0.25) is 0 Å². The van der Waals surface area contributed by atoms with Gasteiger partial charge in [0.1, 0.15) is 6.29 Å². The van der Waals surface area contributed by atoms with Crippen LogP contribution in [0.1, 0.15) is 27.7 Å². The van der Waals surface area contributed by atoms with Gasteiger partial charge in [0.25, 0.3) is 0 Å². The summed E-state index contributed by atoms with van der Waals surface area (Å²) in [7, 11) is 0. The van der Waals surface area contributed by atoms with Gasteiger partial charge in [0.2, 0.25) is 0 Å². The molecule has 0 aromatic carbocycles. The van der Waals surface area contributed by atoms with Crippen LogP contribution in [0, 0.1) is 63.2 Å². The zero-order chi connectivity index (χ0) is 15.5. The Hall–Kier alpha value is 0.109. The molecule has 3 nitrogen and oxygen atoms in total. The second kappa shape index (κ2) is 8.28. The van der Waals surface area contributed by atoms with Crippen molar-refractivity contribution in [1.82, 2.24) is 0 Å². The molecule has 1 aliphatic heterocycles. The first-order valence-electron chi connectivity index (χ1n) is 7.10. The summed E-state index contributed by atoms with van der Waals surface area (Å²) in [5, 5.41) is 0. The van der Waals surface area contributed by atoms with E-state index >= 15 is 0 Å².